The molecule has 1 aromatic carbocycles. The molecule has 4 rings (SSSR count). The van der Waals surface area contributed by atoms with Gasteiger partial charge in [-0.2, -0.15) is 0 Å². The Kier molecular flexibility index (Phi) is 4.96. The number of carbonyl (C=O) groups is 1. The van der Waals surface area contributed by atoms with Gasteiger partial charge in [0.05, 0.1) is 6.61 Å². The standard InChI is InChI=1S/C21H26N2O3/c1-2-25-19-13-15(26-23-19)11-12-18(24)22-21-17-10-6-9-16(17)20(21)14-7-4-3-5-8-14/h3-5,7-8,13,16-17,20-21H,2,6,9-12H2,1H3,(H,22,24)/t16-,17-,20-,21-/m1/s1. The molecule has 0 spiro atoms. The average Bonchev–Trinajstić information content (AvgIpc) is 3.27. The largest absolute Gasteiger partial charge is 0.476 e. The number of hydrogen-bond donors (Lipinski definition) is 1. The summed E-state index contributed by atoms with van der Waals surface area (Å²) in [4.78, 5) is 12.5. The van der Waals surface area contributed by atoms with Gasteiger partial charge in [0, 0.05) is 30.9 Å². The number of carbonyl (C=O) groups excluding carboxylic acids is 1. The zero-order valence-electron chi connectivity index (χ0n) is 15.2. The summed E-state index contributed by atoms with van der Waals surface area (Å²) in [6, 6.07) is 12.7. The molecule has 0 bridgehead atoms. The number of amides is 1. The van der Waals surface area contributed by atoms with Crippen LogP contribution >= 0.6 is 0 Å². The minimum atomic E-state index is 0.0932. The number of ether oxygens (including phenoxy) is 1. The van der Waals surface area contributed by atoms with Crippen molar-refractivity contribution in [2.75, 3.05) is 6.61 Å². The van der Waals surface area contributed by atoms with Gasteiger partial charge in [-0.15, -0.1) is 0 Å². The van der Waals surface area contributed by atoms with Crippen molar-refractivity contribution in [3.63, 3.8) is 0 Å². The monoisotopic (exact) mass is 354 g/mol. The molecule has 26 heavy (non-hydrogen) atoms. The fraction of sp³-hybridized carbons (Fsp3) is 0.524. The first-order chi connectivity index (χ1) is 12.8. The minimum absolute atomic E-state index is 0.0932. The van der Waals surface area contributed by atoms with E-state index in [9.17, 15) is 4.79 Å². The van der Waals surface area contributed by atoms with Gasteiger partial charge in [0.15, 0.2) is 0 Å². The molecule has 1 aromatic heterocycles. The van der Waals surface area contributed by atoms with Gasteiger partial charge in [0.1, 0.15) is 5.76 Å². The van der Waals surface area contributed by atoms with Gasteiger partial charge in [0.25, 0.3) is 5.88 Å². The van der Waals surface area contributed by atoms with E-state index >= 15 is 0 Å². The molecule has 1 N–H and O–H groups in total. The Balaban J connectivity index is 1.35. The van der Waals surface area contributed by atoms with Gasteiger partial charge in [-0.25, -0.2) is 0 Å². The third kappa shape index (κ3) is 3.35. The molecule has 0 aliphatic heterocycles. The van der Waals surface area contributed by atoms with E-state index in [1.54, 1.807) is 6.07 Å². The van der Waals surface area contributed by atoms with Crippen LogP contribution in [0.15, 0.2) is 40.9 Å². The van der Waals surface area contributed by atoms with Crippen LogP contribution in [0.3, 0.4) is 0 Å². The summed E-state index contributed by atoms with van der Waals surface area (Å²) in [6.07, 6.45) is 4.76. The molecule has 2 aliphatic carbocycles. The van der Waals surface area contributed by atoms with Gasteiger partial charge in [-0.05, 0) is 42.3 Å². The predicted molar refractivity (Wildman–Crippen MR) is 97.9 cm³/mol. The molecule has 138 valence electrons. The van der Waals surface area contributed by atoms with E-state index in [-0.39, 0.29) is 11.9 Å². The van der Waals surface area contributed by atoms with Crippen LogP contribution < -0.4 is 10.1 Å². The summed E-state index contributed by atoms with van der Waals surface area (Å²) in [5.41, 5.74) is 1.36. The Hall–Kier alpha value is -2.30. The normalized spacial score (nSPS) is 26.8. The highest BCUT2D eigenvalue weighted by Gasteiger charge is 2.53. The van der Waals surface area contributed by atoms with Crippen LogP contribution in [0.2, 0.25) is 0 Å². The molecular formula is C21H26N2O3. The first kappa shape index (κ1) is 17.1. The number of aromatic nitrogens is 1. The van der Waals surface area contributed by atoms with Gasteiger partial charge in [0.2, 0.25) is 5.91 Å². The molecular weight excluding hydrogens is 328 g/mol. The van der Waals surface area contributed by atoms with Gasteiger partial charge >= 0.3 is 0 Å². The summed E-state index contributed by atoms with van der Waals surface area (Å²) in [5, 5.41) is 7.14. The van der Waals surface area contributed by atoms with Gasteiger partial charge in [-0.3, -0.25) is 4.79 Å². The van der Waals surface area contributed by atoms with Crippen molar-refractivity contribution >= 4 is 5.91 Å². The van der Waals surface area contributed by atoms with Gasteiger partial charge < -0.3 is 14.6 Å². The predicted octanol–water partition coefficient (Wildman–Crippen LogP) is 3.70. The van der Waals surface area contributed by atoms with Crippen LogP contribution in [0, 0.1) is 11.8 Å². The SMILES string of the molecule is CCOc1cc(CCC(=O)N[C@@H]2[C@@H]3CCC[C@H]3[C@H]2c2ccccc2)on1. The highest BCUT2D eigenvalue weighted by atomic mass is 16.5. The Morgan fingerprint density at radius 3 is 2.88 bits per heavy atom. The van der Waals surface area contributed by atoms with Crippen LogP contribution in [0.25, 0.3) is 0 Å². The number of fused-ring (bicyclic) bond motifs is 1. The van der Waals surface area contributed by atoms with Gasteiger partial charge in [-0.1, -0.05) is 36.8 Å². The molecule has 2 fully saturated rings. The second-order valence-electron chi connectivity index (χ2n) is 7.35. The molecule has 2 aliphatic rings. The van der Waals surface area contributed by atoms with E-state index in [0.717, 1.165) is 5.92 Å². The topological polar surface area (TPSA) is 64.4 Å². The molecule has 4 atom stereocenters. The molecule has 0 radical (unpaired) electrons. The molecule has 5 nitrogen and oxygen atoms in total. The average molecular weight is 354 g/mol. The Morgan fingerprint density at radius 1 is 1.27 bits per heavy atom. The highest BCUT2D eigenvalue weighted by Crippen LogP contribution is 2.55. The summed E-state index contributed by atoms with van der Waals surface area (Å²) in [7, 11) is 0. The second-order valence-corrected chi connectivity index (χ2v) is 7.35. The van der Waals surface area contributed by atoms with E-state index in [1.807, 2.05) is 6.92 Å². The smallest absolute Gasteiger partial charge is 0.254 e. The lowest BCUT2D eigenvalue weighted by molar-refractivity contribution is -0.124. The summed E-state index contributed by atoms with van der Waals surface area (Å²) < 4.78 is 10.5. The number of nitrogens with one attached hydrogen (secondary N) is 1. The first-order valence-electron chi connectivity index (χ1n) is 9.69. The molecule has 0 saturated heterocycles. The van der Waals surface area contributed by atoms with Crippen LogP contribution in [-0.4, -0.2) is 23.7 Å². The number of benzene rings is 1. The van der Waals surface area contributed by atoms with E-state index in [0.29, 0.717) is 42.9 Å². The summed E-state index contributed by atoms with van der Waals surface area (Å²) in [6.45, 7) is 2.46. The van der Waals surface area contributed by atoms with E-state index in [1.165, 1.54) is 24.8 Å². The van der Waals surface area contributed by atoms with Crippen molar-refractivity contribution in [3.05, 3.63) is 47.7 Å². The van der Waals surface area contributed by atoms with Crippen LogP contribution in [0.4, 0.5) is 0 Å². The first-order valence-corrected chi connectivity index (χ1v) is 9.69. The molecule has 2 aromatic rings. The second kappa shape index (κ2) is 7.52. The highest BCUT2D eigenvalue weighted by molar-refractivity contribution is 5.76. The fourth-order valence-electron chi connectivity index (χ4n) is 4.75. The molecule has 1 amide bonds. The number of aryl methyl sites for hydroxylation is 1. The van der Waals surface area contributed by atoms with Crippen molar-refractivity contribution in [3.8, 4) is 5.88 Å². The van der Waals surface area contributed by atoms with Crippen molar-refractivity contribution in [2.45, 2.75) is 51.0 Å². The third-order valence-corrected chi connectivity index (χ3v) is 5.87. The van der Waals surface area contributed by atoms with Crippen molar-refractivity contribution in [2.24, 2.45) is 11.8 Å². The Bertz CT molecular complexity index is 743. The quantitative estimate of drug-likeness (QED) is 0.823. The van der Waals surface area contributed by atoms with Crippen molar-refractivity contribution < 1.29 is 14.1 Å². The number of hydrogen-bond acceptors (Lipinski definition) is 4. The zero-order chi connectivity index (χ0) is 17.9. The maximum Gasteiger partial charge on any atom is 0.254 e. The number of rotatable bonds is 7. The lowest BCUT2D eigenvalue weighted by atomic mass is 9.60. The summed E-state index contributed by atoms with van der Waals surface area (Å²) >= 11 is 0. The van der Waals surface area contributed by atoms with Crippen molar-refractivity contribution in [1.29, 1.82) is 0 Å². The fourth-order valence-corrected chi connectivity index (χ4v) is 4.75. The Labute approximate surface area is 154 Å². The van der Waals surface area contributed by atoms with E-state index in [2.05, 4.69) is 40.8 Å². The maximum absolute atomic E-state index is 12.5. The van der Waals surface area contributed by atoms with Crippen LogP contribution in [0.1, 0.15) is 49.8 Å². The zero-order valence-corrected chi connectivity index (χ0v) is 15.2. The molecule has 2 saturated carbocycles. The summed E-state index contributed by atoms with van der Waals surface area (Å²) in [5.74, 6) is 3.10. The molecule has 0 unspecified atom stereocenters. The maximum atomic E-state index is 12.5. The Morgan fingerprint density at radius 2 is 2.08 bits per heavy atom. The molecule has 1 heterocycles. The van der Waals surface area contributed by atoms with Crippen LogP contribution in [-0.2, 0) is 11.2 Å². The van der Waals surface area contributed by atoms with E-state index in [4.69, 9.17) is 9.26 Å². The number of nitrogens with zero attached hydrogens (tertiary/aromatic N) is 1. The van der Waals surface area contributed by atoms with Crippen LogP contribution in [0.5, 0.6) is 5.88 Å². The van der Waals surface area contributed by atoms with Crippen molar-refractivity contribution in [1.82, 2.24) is 10.5 Å². The van der Waals surface area contributed by atoms with E-state index < -0.39 is 0 Å². The lowest BCUT2D eigenvalue weighted by Crippen LogP contribution is -2.56. The minimum Gasteiger partial charge on any atom is -0.476 e. The lowest BCUT2D eigenvalue weighted by Gasteiger charge is -2.49. The molecule has 5 heteroatoms. The third-order valence-electron chi connectivity index (χ3n) is 5.87.